The average Bonchev–Trinajstić information content (AvgIpc) is 2.81. The molecule has 3 aliphatic rings. The third-order valence-electron chi connectivity index (χ3n) is 6.28. The van der Waals surface area contributed by atoms with E-state index in [2.05, 4.69) is 54.4 Å². The number of fused-ring (bicyclic) bond motifs is 4. The summed E-state index contributed by atoms with van der Waals surface area (Å²) in [6, 6.07) is 18.3. The van der Waals surface area contributed by atoms with Crippen LogP contribution in [-0.4, -0.2) is 28.2 Å². The first-order valence-corrected chi connectivity index (χ1v) is 10.5. The Morgan fingerprint density at radius 1 is 0.920 bits per heavy atom. The number of nitrogens with zero attached hydrogens (tertiary/aromatic N) is 1. The Morgan fingerprint density at radius 3 is 2.32 bits per heavy atom. The van der Waals surface area contributed by atoms with Gasteiger partial charge in [-0.2, -0.15) is 0 Å². The molecule has 0 spiro atoms. The van der Waals surface area contributed by atoms with Gasteiger partial charge in [0, 0.05) is 17.0 Å². The summed E-state index contributed by atoms with van der Waals surface area (Å²) < 4.78 is 13.0. The maximum absolute atomic E-state index is 13.0. The van der Waals surface area contributed by atoms with Gasteiger partial charge >= 0.3 is 0 Å². The van der Waals surface area contributed by atoms with Crippen LogP contribution >= 0.6 is 0 Å². The smallest absolute Gasteiger partial charge is 0.0580 e. The van der Waals surface area contributed by atoms with Crippen LogP contribution < -0.4 is 0 Å². The van der Waals surface area contributed by atoms with E-state index in [1.54, 1.807) is 5.57 Å². The Bertz CT molecular complexity index is 884. The van der Waals surface area contributed by atoms with Gasteiger partial charge < -0.3 is 0 Å². The monoisotopic (exact) mass is 349 g/mol. The Morgan fingerprint density at radius 2 is 1.56 bits per heavy atom. The van der Waals surface area contributed by atoms with Crippen LogP contribution in [0.1, 0.15) is 42.4 Å². The quantitative estimate of drug-likeness (QED) is 0.704. The summed E-state index contributed by atoms with van der Waals surface area (Å²) >= 11 is 0. The fraction of sp³-hybridized carbons (Fsp3) is 0.364. The van der Waals surface area contributed by atoms with Crippen molar-refractivity contribution >= 4 is 16.4 Å². The van der Waals surface area contributed by atoms with Crippen LogP contribution in [0.3, 0.4) is 0 Å². The molecule has 3 heteroatoms. The molecule has 2 aromatic carbocycles. The van der Waals surface area contributed by atoms with Crippen molar-refractivity contribution in [2.45, 2.75) is 48.4 Å². The zero-order valence-corrected chi connectivity index (χ0v) is 15.4. The fourth-order valence-electron chi connectivity index (χ4n) is 4.95. The van der Waals surface area contributed by atoms with Gasteiger partial charge in [0.2, 0.25) is 0 Å². The summed E-state index contributed by atoms with van der Waals surface area (Å²) in [4.78, 5) is 3.59. The van der Waals surface area contributed by atoms with Crippen molar-refractivity contribution < 1.29 is 4.21 Å². The minimum atomic E-state index is -0.972. The molecule has 0 N–H and O–H groups in total. The summed E-state index contributed by atoms with van der Waals surface area (Å²) in [5.41, 5.74) is 6.68. The second-order valence-electron chi connectivity index (χ2n) is 7.58. The van der Waals surface area contributed by atoms with Gasteiger partial charge in [0.05, 0.1) is 16.6 Å². The van der Waals surface area contributed by atoms with Crippen molar-refractivity contribution in [3.63, 3.8) is 0 Å². The molecule has 0 saturated carbocycles. The van der Waals surface area contributed by atoms with E-state index in [-0.39, 0.29) is 0 Å². The van der Waals surface area contributed by atoms with Crippen molar-refractivity contribution in [3.8, 4) is 0 Å². The van der Waals surface area contributed by atoms with Crippen molar-refractivity contribution in [3.05, 3.63) is 70.8 Å². The first kappa shape index (κ1) is 15.5. The van der Waals surface area contributed by atoms with Crippen LogP contribution in [0, 0.1) is 0 Å². The fourth-order valence-corrected chi connectivity index (χ4v) is 6.28. The highest BCUT2D eigenvalue weighted by Crippen LogP contribution is 2.44. The lowest BCUT2D eigenvalue weighted by Crippen LogP contribution is -2.37. The van der Waals surface area contributed by atoms with E-state index in [4.69, 9.17) is 0 Å². The van der Waals surface area contributed by atoms with Crippen LogP contribution in [0.4, 0.5) is 0 Å². The van der Waals surface area contributed by atoms with E-state index < -0.39 is 10.8 Å². The molecule has 0 amide bonds. The number of hydrogen-bond acceptors (Lipinski definition) is 2. The molecule has 0 aliphatic carbocycles. The summed E-state index contributed by atoms with van der Waals surface area (Å²) in [6.07, 6.45) is 4.93. The minimum absolute atomic E-state index is 0.622. The average molecular weight is 349 g/mol. The van der Waals surface area contributed by atoms with Gasteiger partial charge in [-0.15, -0.1) is 0 Å². The topological polar surface area (TPSA) is 20.3 Å². The van der Waals surface area contributed by atoms with Crippen molar-refractivity contribution in [1.82, 2.24) is 4.90 Å². The van der Waals surface area contributed by atoms with E-state index in [0.29, 0.717) is 17.8 Å². The van der Waals surface area contributed by atoms with Gasteiger partial charge in [-0.1, -0.05) is 48.0 Å². The zero-order chi connectivity index (χ0) is 17.0. The van der Waals surface area contributed by atoms with Gasteiger partial charge in [-0.05, 0) is 61.1 Å². The summed E-state index contributed by atoms with van der Waals surface area (Å²) in [5.74, 6) is 0.622. The van der Waals surface area contributed by atoms with E-state index in [0.717, 1.165) is 17.7 Å². The molecule has 3 atom stereocenters. The lowest BCUT2D eigenvalue weighted by Gasteiger charge is -2.34. The maximum Gasteiger partial charge on any atom is 0.0580 e. The zero-order valence-electron chi connectivity index (χ0n) is 14.6. The molecular weight excluding hydrogens is 326 g/mol. The predicted molar refractivity (Wildman–Crippen MR) is 103 cm³/mol. The molecule has 3 heterocycles. The molecule has 5 rings (SSSR count). The standard InChI is InChI=1S/C22H23NOS/c1-23-17-10-11-18(23)13-16(12-17)22-19-7-3-2-6-15(19)14-25(24)21-9-5-4-8-20(21)22/h2-9,17-18H,10-14H2,1H3/t17-,18+,25?. The Balaban J connectivity index is 1.77. The summed E-state index contributed by atoms with van der Waals surface area (Å²) in [6.45, 7) is 0. The number of benzene rings is 2. The molecule has 2 nitrogen and oxygen atoms in total. The molecule has 2 fully saturated rings. The van der Waals surface area contributed by atoms with Crippen LogP contribution in [0.5, 0.6) is 0 Å². The lowest BCUT2D eigenvalue weighted by molar-refractivity contribution is 0.210. The van der Waals surface area contributed by atoms with Gasteiger partial charge in [-0.25, -0.2) is 0 Å². The van der Waals surface area contributed by atoms with Crippen molar-refractivity contribution in [2.75, 3.05) is 7.05 Å². The Hall–Kier alpha value is -1.71. The lowest BCUT2D eigenvalue weighted by atomic mass is 9.84. The van der Waals surface area contributed by atoms with Crippen LogP contribution in [0.2, 0.25) is 0 Å². The van der Waals surface area contributed by atoms with E-state index >= 15 is 0 Å². The molecule has 0 radical (unpaired) electrons. The third-order valence-corrected chi connectivity index (χ3v) is 7.70. The first-order valence-electron chi connectivity index (χ1n) is 9.22. The van der Waals surface area contributed by atoms with Gasteiger partial charge in [0.25, 0.3) is 0 Å². The minimum Gasteiger partial charge on any atom is -0.300 e. The van der Waals surface area contributed by atoms with E-state index in [1.165, 1.54) is 35.1 Å². The van der Waals surface area contributed by atoms with Gasteiger partial charge in [0.1, 0.15) is 0 Å². The molecule has 25 heavy (non-hydrogen) atoms. The Kier molecular flexibility index (Phi) is 3.68. The highest BCUT2D eigenvalue weighted by molar-refractivity contribution is 7.84. The normalized spacial score (nSPS) is 31.3. The highest BCUT2D eigenvalue weighted by Gasteiger charge is 2.38. The van der Waals surface area contributed by atoms with Gasteiger partial charge in [0.15, 0.2) is 0 Å². The second kappa shape index (κ2) is 5.93. The first-order chi connectivity index (χ1) is 12.2. The number of hydrogen-bond donors (Lipinski definition) is 0. The van der Waals surface area contributed by atoms with E-state index in [1.807, 2.05) is 6.07 Å². The molecule has 2 bridgehead atoms. The Labute approximate surface area is 152 Å². The van der Waals surface area contributed by atoms with Crippen LogP contribution in [0.15, 0.2) is 59.0 Å². The van der Waals surface area contributed by atoms with Crippen LogP contribution in [0.25, 0.3) is 5.57 Å². The van der Waals surface area contributed by atoms with Crippen molar-refractivity contribution in [2.24, 2.45) is 0 Å². The van der Waals surface area contributed by atoms with E-state index in [9.17, 15) is 4.21 Å². The molecule has 128 valence electrons. The molecule has 0 aromatic heterocycles. The second-order valence-corrected chi connectivity index (χ2v) is 9.00. The summed E-state index contributed by atoms with van der Waals surface area (Å²) in [5, 5.41) is 0. The SMILES string of the molecule is CN1[C@@H]2CC[C@H]1CC(=C1c3ccccc3CS(=O)c3ccccc31)C2. The molecule has 2 aromatic rings. The molecular formula is C22H23NOS. The molecule has 2 saturated heterocycles. The summed E-state index contributed by atoms with van der Waals surface area (Å²) in [7, 11) is 1.31. The molecule has 3 aliphatic heterocycles. The van der Waals surface area contributed by atoms with Gasteiger partial charge in [-0.3, -0.25) is 9.11 Å². The largest absolute Gasteiger partial charge is 0.300 e. The number of rotatable bonds is 0. The predicted octanol–water partition coefficient (Wildman–Crippen LogP) is 4.37. The van der Waals surface area contributed by atoms with Crippen molar-refractivity contribution in [1.29, 1.82) is 0 Å². The third kappa shape index (κ3) is 2.44. The maximum atomic E-state index is 13.0. The number of piperidine rings is 1. The highest BCUT2D eigenvalue weighted by atomic mass is 32.2. The molecule has 1 unspecified atom stereocenters. The van der Waals surface area contributed by atoms with Crippen LogP contribution in [-0.2, 0) is 16.6 Å².